The van der Waals surface area contributed by atoms with Crippen molar-refractivity contribution in [2.45, 2.75) is 45.6 Å². The number of aromatic nitrogens is 2. The molecule has 3 nitrogen and oxygen atoms in total. The van der Waals surface area contributed by atoms with Crippen molar-refractivity contribution in [3.05, 3.63) is 46.0 Å². The number of aliphatic hydroxyl groups is 1. The van der Waals surface area contributed by atoms with Gasteiger partial charge in [0, 0.05) is 0 Å². The Morgan fingerprint density at radius 2 is 1.53 bits per heavy atom. The zero-order chi connectivity index (χ0) is 14.0. The van der Waals surface area contributed by atoms with E-state index in [1.54, 1.807) is 0 Å². The van der Waals surface area contributed by atoms with E-state index in [9.17, 15) is 5.11 Å². The lowest BCUT2D eigenvalue weighted by Gasteiger charge is -2.13. The lowest BCUT2D eigenvalue weighted by Crippen LogP contribution is -2.03. The van der Waals surface area contributed by atoms with Crippen molar-refractivity contribution >= 4 is 11.5 Å². The van der Waals surface area contributed by atoms with E-state index in [0.29, 0.717) is 5.92 Å². The molecule has 0 aliphatic rings. The topological polar surface area (TPSA) is 46.0 Å². The summed E-state index contributed by atoms with van der Waals surface area (Å²) in [4.78, 5) is 0.854. The van der Waals surface area contributed by atoms with Crippen LogP contribution in [0.15, 0.2) is 24.3 Å². The Labute approximate surface area is 118 Å². The molecule has 0 saturated carbocycles. The fourth-order valence-corrected chi connectivity index (χ4v) is 2.83. The van der Waals surface area contributed by atoms with Crippen LogP contribution in [0.4, 0.5) is 0 Å². The zero-order valence-electron chi connectivity index (χ0n) is 11.8. The second kappa shape index (κ2) is 5.80. The first-order valence-electron chi connectivity index (χ1n) is 6.60. The van der Waals surface area contributed by atoms with Crippen molar-refractivity contribution in [2.75, 3.05) is 0 Å². The van der Waals surface area contributed by atoms with Crippen molar-refractivity contribution in [3.63, 3.8) is 0 Å². The van der Waals surface area contributed by atoms with Gasteiger partial charge >= 0.3 is 0 Å². The molecule has 0 radical (unpaired) electrons. The molecule has 1 unspecified atom stereocenters. The third-order valence-electron chi connectivity index (χ3n) is 3.25. The van der Waals surface area contributed by atoms with Gasteiger partial charge in [-0.05, 0) is 34.5 Å². The molecule has 1 heterocycles. The zero-order valence-corrected chi connectivity index (χ0v) is 12.6. The Bertz CT molecular complexity index is 531. The fraction of sp³-hybridized carbons (Fsp3) is 0.467. The third kappa shape index (κ3) is 3.01. The van der Waals surface area contributed by atoms with Crippen LogP contribution in [0.3, 0.4) is 0 Å². The minimum Gasteiger partial charge on any atom is -0.383 e. The average molecular weight is 276 g/mol. The highest BCUT2D eigenvalue weighted by Crippen LogP contribution is 2.31. The highest BCUT2D eigenvalue weighted by atomic mass is 32.1. The standard InChI is InChI=1S/C15H20N2OS/c1-9(2)11-5-7-12(8-6-11)14(18)15-13(10(3)4)16-17-19-15/h5-10,14,18H,1-4H3. The maximum Gasteiger partial charge on any atom is 0.117 e. The Balaban J connectivity index is 2.28. The first-order chi connectivity index (χ1) is 9.00. The normalized spacial score (nSPS) is 13.2. The minimum absolute atomic E-state index is 0.276. The summed E-state index contributed by atoms with van der Waals surface area (Å²) in [5.41, 5.74) is 3.07. The van der Waals surface area contributed by atoms with Gasteiger partial charge in [-0.15, -0.1) is 5.10 Å². The van der Waals surface area contributed by atoms with E-state index in [4.69, 9.17) is 0 Å². The molecule has 0 fully saturated rings. The van der Waals surface area contributed by atoms with Gasteiger partial charge in [-0.2, -0.15) is 0 Å². The molecule has 0 amide bonds. The van der Waals surface area contributed by atoms with Gasteiger partial charge < -0.3 is 5.11 Å². The number of aliphatic hydroxyl groups excluding tert-OH is 1. The highest BCUT2D eigenvalue weighted by Gasteiger charge is 2.20. The lowest BCUT2D eigenvalue weighted by molar-refractivity contribution is 0.222. The lowest BCUT2D eigenvalue weighted by atomic mass is 9.98. The number of nitrogens with zero attached hydrogens (tertiary/aromatic N) is 2. The molecule has 1 aromatic carbocycles. The maximum atomic E-state index is 10.5. The molecule has 2 aromatic rings. The summed E-state index contributed by atoms with van der Waals surface area (Å²) in [6.45, 7) is 8.45. The van der Waals surface area contributed by atoms with Crippen LogP contribution >= 0.6 is 11.5 Å². The smallest absolute Gasteiger partial charge is 0.117 e. The van der Waals surface area contributed by atoms with Crippen LogP contribution in [0.1, 0.15) is 67.3 Å². The minimum atomic E-state index is -0.626. The molecule has 1 atom stereocenters. The average Bonchev–Trinajstić information content (AvgIpc) is 2.87. The highest BCUT2D eigenvalue weighted by molar-refractivity contribution is 7.05. The van der Waals surface area contributed by atoms with E-state index in [-0.39, 0.29) is 5.92 Å². The molecule has 0 aliphatic heterocycles. The Morgan fingerprint density at radius 3 is 2.05 bits per heavy atom. The van der Waals surface area contributed by atoms with Gasteiger partial charge in [-0.1, -0.05) is 56.4 Å². The van der Waals surface area contributed by atoms with Crippen molar-refractivity contribution in [1.29, 1.82) is 0 Å². The maximum absolute atomic E-state index is 10.5. The van der Waals surface area contributed by atoms with Crippen LogP contribution in [0.2, 0.25) is 0 Å². The number of hydrogen-bond donors (Lipinski definition) is 1. The van der Waals surface area contributed by atoms with E-state index < -0.39 is 6.10 Å². The summed E-state index contributed by atoms with van der Waals surface area (Å²) in [5.74, 6) is 0.779. The van der Waals surface area contributed by atoms with Gasteiger partial charge in [0.15, 0.2) is 0 Å². The second-order valence-corrected chi connectivity index (χ2v) is 6.19. The molecule has 4 heteroatoms. The van der Waals surface area contributed by atoms with E-state index >= 15 is 0 Å². The van der Waals surface area contributed by atoms with Crippen LogP contribution in [-0.4, -0.2) is 14.7 Å². The van der Waals surface area contributed by atoms with Gasteiger partial charge in [0.05, 0.1) is 10.6 Å². The molecular weight excluding hydrogens is 256 g/mol. The molecule has 19 heavy (non-hydrogen) atoms. The van der Waals surface area contributed by atoms with Gasteiger partial charge in [-0.3, -0.25) is 0 Å². The van der Waals surface area contributed by atoms with E-state index in [1.807, 2.05) is 12.1 Å². The molecule has 0 bridgehead atoms. The first-order valence-corrected chi connectivity index (χ1v) is 7.38. The predicted octanol–water partition coefficient (Wildman–Crippen LogP) is 3.87. The summed E-state index contributed by atoms with van der Waals surface area (Å²) >= 11 is 1.28. The second-order valence-electron chi connectivity index (χ2n) is 5.40. The quantitative estimate of drug-likeness (QED) is 0.922. The molecule has 0 spiro atoms. The molecule has 0 saturated heterocycles. The van der Waals surface area contributed by atoms with E-state index in [0.717, 1.165) is 16.1 Å². The number of hydrogen-bond acceptors (Lipinski definition) is 4. The van der Waals surface area contributed by atoms with E-state index in [2.05, 4.69) is 49.4 Å². The fourth-order valence-electron chi connectivity index (χ4n) is 2.01. The summed E-state index contributed by atoms with van der Waals surface area (Å²) in [5, 5.41) is 14.6. The van der Waals surface area contributed by atoms with Crippen molar-refractivity contribution < 1.29 is 5.11 Å². The van der Waals surface area contributed by atoms with Crippen LogP contribution in [0, 0.1) is 0 Å². The molecule has 0 aliphatic carbocycles. The third-order valence-corrected chi connectivity index (χ3v) is 4.05. The molecule has 102 valence electrons. The van der Waals surface area contributed by atoms with Crippen LogP contribution in [0.25, 0.3) is 0 Å². The number of rotatable bonds is 4. The van der Waals surface area contributed by atoms with Crippen molar-refractivity contribution in [3.8, 4) is 0 Å². The molecule has 1 N–H and O–H groups in total. The molecule has 2 rings (SSSR count). The van der Waals surface area contributed by atoms with Gasteiger partial charge in [-0.25, -0.2) is 0 Å². The Kier molecular flexibility index (Phi) is 4.32. The Hall–Kier alpha value is -1.26. The monoisotopic (exact) mass is 276 g/mol. The summed E-state index contributed by atoms with van der Waals surface area (Å²) in [6, 6.07) is 8.13. The Morgan fingerprint density at radius 1 is 0.947 bits per heavy atom. The predicted molar refractivity (Wildman–Crippen MR) is 78.6 cm³/mol. The van der Waals surface area contributed by atoms with Gasteiger partial charge in [0.25, 0.3) is 0 Å². The molecule has 1 aromatic heterocycles. The van der Waals surface area contributed by atoms with Crippen LogP contribution < -0.4 is 0 Å². The van der Waals surface area contributed by atoms with Crippen LogP contribution in [-0.2, 0) is 0 Å². The van der Waals surface area contributed by atoms with Gasteiger partial charge in [0.1, 0.15) is 6.10 Å². The largest absolute Gasteiger partial charge is 0.383 e. The van der Waals surface area contributed by atoms with Gasteiger partial charge in [0.2, 0.25) is 0 Å². The van der Waals surface area contributed by atoms with Crippen molar-refractivity contribution in [1.82, 2.24) is 9.59 Å². The SMILES string of the molecule is CC(C)c1ccc(C(O)c2snnc2C(C)C)cc1. The number of benzene rings is 1. The summed E-state index contributed by atoms with van der Waals surface area (Å²) in [7, 11) is 0. The van der Waals surface area contributed by atoms with Crippen molar-refractivity contribution in [2.24, 2.45) is 0 Å². The molecular formula is C15H20N2OS. The summed E-state index contributed by atoms with van der Waals surface area (Å²) in [6.07, 6.45) is -0.626. The van der Waals surface area contributed by atoms with Crippen LogP contribution in [0.5, 0.6) is 0 Å². The van der Waals surface area contributed by atoms with E-state index in [1.165, 1.54) is 17.1 Å². The first kappa shape index (κ1) is 14.2. The summed E-state index contributed by atoms with van der Waals surface area (Å²) < 4.78 is 3.97.